The topological polar surface area (TPSA) is 20.3 Å². The molecule has 0 fully saturated rings. The Balaban J connectivity index is 2.87. The van der Waals surface area contributed by atoms with Crippen LogP contribution in [0, 0.1) is 26.7 Å². The van der Waals surface area contributed by atoms with Crippen molar-refractivity contribution < 1.29 is 4.79 Å². The monoisotopic (exact) mass is 261 g/mol. The van der Waals surface area contributed by atoms with Crippen LogP contribution in [0.1, 0.15) is 47.8 Å². The molecule has 1 rings (SSSR count). The summed E-state index contributed by atoms with van der Waals surface area (Å²) in [5.74, 6) is 0.772. The molecule has 0 heterocycles. The fourth-order valence-electron chi connectivity index (χ4n) is 2.23. The van der Waals surface area contributed by atoms with Crippen LogP contribution in [0.25, 0.3) is 0 Å². The van der Waals surface area contributed by atoms with Crippen LogP contribution in [0.15, 0.2) is 12.1 Å². The van der Waals surface area contributed by atoms with E-state index in [-0.39, 0.29) is 5.78 Å². The lowest BCUT2D eigenvalue weighted by Crippen LogP contribution is -2.37. The first-order valence-electron chi connectivity index (χ1n) is 7.05. The van der Waals surface area contributed by atoms with Gasteiger partial charge in [0.25, 0.3) is 0 Å². The lowest BCUT2D eigenvalue weighted by atomic mass is 9.97. The van der Waals surface area contributed by atoms with E-state index in [2.05, 4.69) is 45.6 Å². The van der Waals surface area contributed by atoms with Gasteiger partial charge in [-0.2, -0.15) is 0 Å². The number of Topliss-reactive ketones (excluding diaryl/α,β-unsaturated/α-hetero) is 1. The van der Waals surface area contributed by atoms with E-state index in [1.807, 2.05) is 20.0 Å². The van der Waals surface area contributed by atoms with Gasteiger partial charge < -0.3 is 0 Å². The van der Waals surface area contributed by atoms with Crippen LogP contribution in [-0.2, 0) is 0 Å². The zero-order chi connectivity index (χ0) is 14.7. The van der Waals surface area contributed by atoms with Gasteiger partial charge in [-0.25, -0.2) is 0 Å². The van der Waals surface area contributed by atoms with Gasteiger partial charge in [0, 0.05) is 11.6 Å². The van der Waals surface area contributed by atoms with E-state index in [0.29, 0.717) is 18.5 Å². The highest BCUT2D eigenvalue weighted by atomic mass is 16.1. The van der Waals surface area contributed by atoms with Gasteiger partial charge in [0.2, 0.25) is 0 Å². The van der Waals surface area contributed by atoms with Crippen molar-refractivity contribution in [2.75, 3.05) is 13.6 Å². The second-order valence-corrected chi connectivity index (χ2v) is 6.07. The van der Waals surface area contributed by atoms with E-state index in [0.717, 1.165) is 11.1 Å². The molecule has 19 heavy (non-hydrogen) atoms. The van der Waals surface area contributed by atoms with Crippen LogP contribution in [-0.4, -0.2) is 30.3 Å². The summed E-state index contributed by atoms with van der Waals surface area (Å²) in [6, 6.07) is 4.55. The van der Waals surface area contributed by atoms with Crippen LogP contribution in [0.5, 0.6) is 0 Å². The maximum atomic E-state index is 12.4. The van der Waals surface area contributed by atoms with Gasteiger partial charge in [0.15, 0.2) is 5.78 Å². The van der Waals surface area contributed by atoms with Crippen molar-refractivity contribution in [1.82, 2.24) is 4.90 Å². The van der Waals surface area contributed by atoms with Crippen LogP contribution in [0.3, 0.4) is 0 Å². The molecule has 106 valence electrons. The number of carbonyl (C=O) groups excluding carboxylic acids is 1. The molecule has 0 aliphatic rings. The maximum absolute atomic E-state index is 12.4. The van der Waals surface area contributed by atoms with E-state index in [1.54, 1.807) is 0 Å². The molecule has 0 saturated carbocycles. The largest absolute Gasteiger partial charge is 0.296 e. The third-order valence-electron chi connectivity index (χ3n) is 4.19. The molecule has 1 unspecified atom stereocenters. The molecular formula is C17H27NO. The first-order valence-corrected chi connectivity index (χ1v) is 7.05. The summed E-state index contributed by atoms with van der Waals surface area (Å²) in [6.45, 7) is 13.2. The van der Waals surface area contributed by atoms with Crippen molar-refractivity contribution >= 4 is 5.78 Å². The smallest absolute Gasteiger partial charge is 0.177 e. The number of hydrogen-bond donors (Lipinski definition) is 0. The second-order valence-electron chi connectivity index (χ2n) is 6.07. The van der Waals surface area contributed by atoms with Crippen molar-refractivity contribution in [3.05, 3.63) is 34.4 Å². The highest BCUT2D eigenvalue weighted by Crippen LogP contribution is 2.17. The number of hydrogen-bond acceptors (Lipinski definition) is 2. The number of aryl methyl sites for hydroxylation is 3. The molecule has 0 saturated heterocycles. The molecule has 0 bridgehead atoms. The Morgan fingerprint density at radius 1 is 1.05 bits per heavy atom. The van der Waals surface area contributed by atoms with Gasteiger partial charge in [0.05, 0.1) is 6.54 Å². The predicted octanol–water partition coefficient (Wildman–Crippen LogP) is 3.77. The fourth-order valence-corrected chi connectivity index (χ4v) is 2.23. The molecule has 0 N–H and O–H groups in total. The molecule has 0 aliphatic carbocycles. The summed E-state index contributed by atoms with van der Waals surface area (Å²) in [7, 11) is 2.03. The minimum Gasteiger partial charge on any atom is -0.296 e. The van der Waals surface area contributed by atoms with E-state index < -0.39 is 0 Å². The summed E-state index contributed by atoms with van der Waals surface area (Å²) in [6.07, 6.45) is 0. The summed E-state index contributed by atoms with van der Waals surface area (Å²) in [5.41, 5.74) is 4.39. The Labute approximate surface area is 117 Å². The summed E-state index contributed by atoms with van der Waals surface area (Å²) in [4.78, 5) is 14.6. The Bertz CT molecular complexity index is 463. The summed E-state index contributed by atoms with van der Waals surface area (Å²) >= 11 is 0. The molecule has 0 aliphatic heterocycles. The minimum atomic E-state index is 0.218. The standard InChI is InChI=1S/C17H27NO/c1-11(2)15(6)18(7)10-17(19)16-9-13(4)12(3)8-14(16)5/h8-9,11,15H,10H2,1-7H3. The van der Waals surface area contributed by atoms with E-state index >= 15 is 0 Å². The first kappa shape index (κ1) is 15.9. The third kappa shape index (κ3) is 3.90. The molecule has 1 aromatic rings. The molecule has 1 atom stereocenters. The van der Waals surface area contributed by atoms with E-state index in [4.69, 9.17) is 0 Å². The molecule has 0 spiro atoms. The van der Waals surface area contributed by atoms with Gasteiger partial charge in [-0.1, -0.05) is 19.9 Å². The molecule has 1 aromatic carbocycles. The average molecular weight is 261 g/mol. The highest BCUT2D eigenvalue weighted by molar-refractivity contribution is 5.99. The normalized spacial score (nSPS) is 13.1. The number of likely N-dealkylation sites (N-methyl/N-ethyl adjacent to an activating group) is 1. The van der Waals surface area contributed by atoms with Crippen molar-refractivity contribution in [3.63, 3.8) is 0 Å². The van der Waals surface area contributed by atoms with Gasteiger partial charge in [-0.3, -0.25) is 9.69 Å². The number of carbonyl (C=O) groups is 1. The van der Waals surface area contributed by atoms with Gasteiger partial charge in [0.1, 0.15) is 0 Å². The van der Waals surface area contributed by atoms with Crippen molar-refractivity contribution in [3.8, 4) is 0 Å². The maximum Gasteiger partial charge on any atom is 0.177 e. The Morgan fingerprint density at radius 2 is 1.58 bits per heavy atom. The van der Waals surface area contributed by atoms with Crippen LogP contribution >= 0.6 is 0 Å². The van der Waals surface area contributed by atoms with Gasteiger partial charge >= 0.3 is 0 Å². The zero-order valence-electron chi connectivity index (χ0n) is 13.4. The average Bonchev–Trinajstić information content (AvgIpc) is 2.32. The van der Waals surface area contributed by atoms with Gasteiger partial charge in [-0.05, 0) is 63.4 Å². The molecule has 0 radical (unpaired) electrons. The third-order valence-corrected chi connectivity index (χ3v) is 4.19. The summed E-state index contributed by atoms with van der Waals surface area (Å²) < 4.78 is 0. The van der Waals surface area contributed by atoms with Crippen LogP contribution < -0.4 is 0 Å². The first-order chi connectivity index (χ1) is 8.73. The van der Waals surface area contributed by atoms with Crippen LogP contribution in [0.2, 0.25) is 0 Å². The van der Waals surface area contributed by atoms with Crippen LogP contribution in [0.4, 0.5) is 0 Å². The minimum absolute atomic E-state index is 0.218. The SMILES string of the molecule is Cc1cc(C)c(C(=O)CN(C)C(C)C(C)C)cc1C. The molecule has 2 heteroatoms. The second kappa shape index (κ2) is 6.33. The predicted molar refractivity (Wildman–Crippen MR) is 81.9 cm³/mol. The quantitative estimate of drug-likeness (QED) is 0.752. The van der Waals surface area contributed by atoms with Crippen molar-refractivity contribution in [2.24, 2.45) is 5.92 Å². The Kier molecular flexibility index (Phi) is 5.30. The number of rotatable bonds is 5. The van der Waals surface area contributed by atoms with Crippen molar-refractivity contribution in [1.29, 1.82) is 0 Å². The number of nitrogens with zero attached hydrogens (tertiary/aromatic N) is 1. The van der Waals surface area contributed by atoms with E-state index in [9.17, 15) is 4.79 Å². The molecule has 0 amide bonds. The Morgan fingerprint density at radius 3 is 2.11 bits per heavy atom. The molecule has 0 aromatic heterocycles. The highest BCUT2D eigenvalue weighted by Gasteiger charge is 2.18. The lowest BCUT2D eigenvalue weighted by molar-refractivity contribution is 0.0906. The number of benzene rings is 1. The summed E-state index contributed by atoms with van der Waals surface area (Å²) in [5, 5.41) is 0. The molecule has 2 nitrogen and oxygen atoms in total. The molecular weight excluding hydrogens is 234 g/mol. The van der Waals surface area contributed by atoms with E-state index in [1.165, 1.54) is 11.1 Å². The Hall–Kier alpha value is -1.15. The van der Waals surface area contributed by atoms with Crippen molar-refractivity contribution in [2.45, 2.75) is 47.6 Å². The number of ketones is 1. The zero-order valence-corrected chi connectivity index (χ0v) is 13.4. The lowest BCUT2D eigenvalue weighted by Gasteiger charge is -2.27. The van der Waals surface area contributed by atoms with Gasteiger partial charge in [-0.15, -0.1) is 0 Å². The fraction of sp³-hybridized carbons (Fsp3) is 0.588.